The Morgan fingerprint density at radius 1 is 1.16 bits per heavy atom. The first-order valence-corrected chi connectivity index (χ1v) is 10.2. The number of aromatic amines is 1. The minimum Gasteiger partial charge on any atom is -0.492 e. The molecule has 2 aromatic carbocycles. The van der Waals surface area contributed by atoms with Crippen LogP contribution in [-0.2, 0) is 9.59 Å². The number of carbonyl (C=O) groups excluding carboxylic acids is 2. The number of carbonyl (C=O) groups is 2. The number of anilines is 4. The number of rotatable bonds is 6. The van der Waals surface area contributed by atoms with Gasteiger partial charge in [0.2, 0.25) is 17.8 Å². The molecule has 164 valence electrons. The molecule has 0 saturated heterocycles. The van der Waals surface area contributed by atoms with E-state index in [0.717, 1.165) is 11.3 Å². The number of aryl methyl sites for hydroxylation is 1. The first-order valence-electron chi connectivity index (χ1n) is 10.2. The van der Waals surface area contributed by atoms with Crippen LogP contribution in [0.4, 0.5) is 23.1 Å². The summed E-state index contributed by atoms with van der Waals surface area (Å²) in [4.78, 5) is 45.2. The van der Waals surface area contributed by atoms with Gasteiger partial charge in [-0.05, 0) is 38.1 Å². The first-order chi connectivity index (χ1) is 15.4. The van der Waals surface area contributed by atoms with E-state index >= 15 is 0 Å². The number of benzene rings is 2. The number of hydrogen-bond donors (Lipinski definition) is 4. The molecule has 0 fully saturated rings. The van der Waals surface area contributed by atoms with Crippen molar-refractivity contribution in [3.05, 3.63) is 70.0 Å². The fraction of sp³-hybridized carbons (Fsp3) is 0.217. The molecule has 1 aromatic heterocycles. The number of H-pyrrole nitrogens is 1. The largest absolute Gasteiger partial charge is 0.492 e. The molecule has 32 heavy (non-hydrogen) atoms. The molecule has 1 aliphatic heterocycles. The van der Waals surface area contributed by atoms with Gasteiger partial charge in [-0.1, -0.05) is 29.8 Å². The molecule has 1 aliphatic rings. The van der Waals surface area contributed by atoms with Crippen LogP contribution in [0.5, 0.6) is 5.75 Å². The molecule has 1 atom stereocenters. The van der Waals surface area contributed by atoms with Crippen molar-refractivity contribution in [3.63, 3.8) is 0 Å². The smallest absolute Gasteiger partial charge is 0.258 e. The van der Waals surface area contributed by atoms with Crippen molar-refractivity contribution < 1.29 is 14.3 Å². The van der Waals surface area contributed by atoms with Gasteiger partial charge in [0.05, 0.1) is 23.8 Å². The van der Waals surface area contributed by atoms with Crippen LogP contribution in [0, 0.1) is 6.92 Å². The van der Waals surface area contributed by atoms with Gasteiger partial charge in [0.25, 0.3) is 5.56 Å². The molecule has 2 heterocycles. The molecule has 0 saturated carbocycles. The van der Waals surface area contributed by atoms with Crippen molar-refractivity contribution >= 4 is 35.0 Å². The Morgan fingerprint density at radius 3 is 2.66 bits per heavy atom. The third kappa shape index (κ3) is 4.46. The molecule has 0 radical (unpaired) electrons. The summed E-state index contributed by atoms with van der Waals surface area (Å²) in [7, 11) is 0. The van der Waals surface area contributed by atoms with Crippen LogP contribution >= 0.6 is 0 Å². The molecule has 9 heteroatoms. The molecular weight excluding hydrogens is 410 g/mol. The maximum atomic E-state index is 13.0. The van der Waals surface area contributed by atoms with Crippen LogP contribution < -0.4 is 26.2 Å². The van der Waals surface area contributed by atoms with E-state index in [2.05, 4.69) is 25.9 Å². The second-order valence-corrected chi connectivity index (χ2v) is 7.39. The predicted octanol–water partition coefficient (Wildman–Crippen LogP) is 3.29. The zero-order valence-corrected chi connectivity index (χ0v) is 17.7. The van der Waals surface area contributed by atoms with Crippen LogP contribution in [0.1, 0.15) is 30.4 Å². The molecule has 0 aliphatic carbocycles. The quantitative estimate of drug-likeness (QED) is 0.473. The lowest BCUT2D eigenvalue weighted by molar-refractivity contribution is -0.123. The lowest BCUT2D eigenvalue weighted by Gasteiger charge is -2.24. The van der Waals surface area contributed by atoms with E-state index in [4.69, 9.17) is 4.74 Å². The van der Waals surface area contributed by atoms with Gasteiger partial charge in [0, 0.05) is 12.1 Å². The van der Waals surface area contributed by atoms with Crippen molar-refractivity contribution in [1.82, 2.24) is 9.97 Å². The Morgan fingerprint density at radius 2 is 1.91 bits per heavy atom. The fourth-order valence-electron chi connectivity index (χ4n) is 3.50. The summed E-state index contributed by atoms with van der Waals surface area (Å²) in [6.07, 6.45) is -0.162. The lowest BCUT2D eigenvalue weighted by Crippen LogP contribution is -2.36. The van der Waals surface area contributed by atoms with E-state index in [-0.39, 0.29) is 23.8 Å². The second kappa shape index (κ2) is 8.93. The van der Waals surface area contributed by atoms with Crippen LogP contribution in [0.3, 0.4) is 0 Å². The lowest BCUT2D eigenvalue weighted by atomic mass is 9.92. The van der Waals surface area contributed by atoms with Gasteiger partial charge in [-0.3, -0.25) is 19.4 Å². The SMILES string of the molecule is CCOc1ccccc1NC(=O)C1CC(=O)Nc2nc(Nc3ccc(C)cc3)[nH]c(=O)c21. The highest BCUT2D eigenvalue weighted by Crippen LogP contribution is 2.32. The number of ether oxygens (including phenoxy) is 1. The van der Waals surface area contributed by atoms with Crippen LogP contribution in [0.15, 0.2) is 53.3 Å². The molecule has 3 aromatic rings. The number of para-hydroxylation sites is 2. The fourth-order valence-corrected chi connectivity index (χ4v) is 3.50. The monoisotopic (exact) mass is 433 g/mol. The van der Waals surface area contributed by atoms with E-state index < -0.39 is 23.3 Å². The maximum absolute atomic E-state index is 13.0. The highest BCUT2D eigenvalue weighted by atomic mass is 16.5. The van der Waals surface area contributed by atoms with Gasteiger partial charge >= 0.3 is 0 Å². The number of nitrogens with zero attached hydrogens (tertiary/aromatic N) is 1. The van der Waals surface area contributed by atoms with Crippen molar-refractivity contribution in [1.29, 1.82) is 0 Å². The topological polar surface area (TPSA) is 125 Å². The number of hydrogen-bond acceptors (Lipinski definition) is 6. The summed E-state index contributed by atoms with van der Waals surface area (Å²) in [5, 5.41) is 8.38. The molecule has 2 amide bonds. The zero-order valence-electron chi connectivity index (χ0n) is 17.7. The number of nitrogens with one attached hydrogen (secondary N) is 4. The molecule has 1 unspecified atom stereocenters. The zero-order chi connectivity index (χ0) is 22.7. The van der Waals surface area contributed by atoms with Gasteiger partial charge in [0.15, 0.2) is 0 Å². The van der Waals surface area contributed by atoms with E-state index in [1.807, 2.05) is 38.1 Å². The Balaban J connectivity index is 1.63. The van der Waals surface area contributed by atoms with Crippen molar-refractivity contribution in [3.8, 4) is 5.75 Å². The van der Waals surface area contributed by atoms with Crippen molar-refractivity contribution in [2.75, 3.05) is 22.6 Å². The van der Waals surface area contributed by atoms with Gasteiger partial charge < -0.3 is 20.7 Å². The predicted molar refractivity (Wildman–Crippen MR) is 122 cm³/mol. The molecular formula is C23H23N5O4. The van der Waals surface area contributed by atoms with E-state index in [1.165, 1.54) is 0 Å². The van der Waals surface area contributed by atoms with Gasteiger partial charge in [-0.15, -0.1) is 0 Å². The Hall–Kier alpha value is -4.14. The van der Waals surface area contributed by atoms with Crippen molar-refractivity contribution in [2.24, 2.45) is 0 Å². The van der Waals surface area contributed by atoms with E-state index in [9.17, 15) is 14.4 Å². The minimum atomic E-state index is -0.988. The maximum Gasteiger partial charge on any atom is 0.258 e. The van der Waals surface area contributed by atoms with Crippen LogP contribution in [0.2, 0.25) is 0 Å². The van der Waals surface area contributed by atoms with Crippen molar-refractivity contribution in [2.45, 2.75) is 26.2 Å². The van der Waals surface area contributed by atoms with E-state index in [1.54, 1.807) is 24.3 Å². The highest BCUT2D eigenvalue weighted by molar-refractivity contribution is 6.05. The third-order valence-corrected chi connectivity index (χ3v) is 5.03. The summed E-state index contributed by atoms with van der Waals surface area (Å²) >= 11 is 0. The standard InChI is InChI=1S/C23H23N5O4/c1-3-32-17-7-5-4-6-16(17)25-21(30)15-12-18(29)26-20-19(15)22(31)28-23(27-20)24-14-10-8-13(2)9-11-14/h4-11,15H,3,12H2,1-2H3,(H,25,30)(H3,24,26,27,28,29,31). The number of fused-ring (bicyclic) bond motifs is 1. The third-order valence-electron chi connectivity index (χ3n) is 5.03. The molecule has 4 N–H and O–H groups in total. The van der Waals surface area contributed by atoms with Gasteiger partial charge in [0.1, 0.15) is 11.6 Å². The normalized spacial score (nSPS) is 14.8. The average Bonchev–Trinajstić information content (AvgIpc) is 2.76. The van der Waals surface area contributed by atoms with E-state index in [0.29, 0.717) is 18.0 Å². The highest BCUT2D eigenvalue weighted by Gasteiger charge is 2.35. The number of amides is 2. The summed E-state index contributed by atoms with van der Waals surface area (Å²) in [5.74, 6) is -1.12. The molecule has 9 nitrogen and oxygen atoms in total. The number of aromatic nitrogens is 2. The molecule has 0 bridgehead atoms. The Kier molecular flexibility index (Phi) is 5.89. The van der Waals surface area contributed by atoms with Gasteiger partial charge in [-0.2, -0.15) is 4.98 Å². The Labute approximate surface area is 184 Å². The minimum absolute atomic E-state index is 0.0675. The summed E-state index contributed by atoms with van der Waals surface area (Å²) in [6, 6.07) is 14.5. The first kappa shape index (κ1) is 21.1. The Bertz CT molecular complexity index is 1220. The summed E-state index contributed by atoms with van der Waals surface area (Å²) in [6.45, 7) is 4.24. The van der Waals surface area contributed by atoms with Crippen LogP contribution in [0.25, 0.3) is 0 Å². The molecule has 4 rings (SSSR count). The average molecular weight is 433 g/mol. The van der Waals surface area contributed by atoms with Crippen LogP contribution in [-0.4, -0.2) is 28.4 Å². The van der Waals surface area contributed by atoms with Gasteiger partial charge in [-0.25, -0.2) is 0 Å². The summed E-state index contributed by atoms with van der Waals surface area (Å²) < 4.78 is 5.54. The molecule has 0 spiro atoms. The summed E-state index contributed by atoms with van der Waals surface area (Å²) in [5.41, 5.74) is 1.90. The second-order valence-electron chi connectivity index (χ2n) is 7.39.